The molecular formula is C13H10N2O. The van der Waals surface area contributed by atoms with Crippen LogP contribution >= 0.6 is 0 Å². The van der Waals surface area contributed by atoms with Crippen LogP contribution in [0.2, 0.25) is 0 Å². The maximum atomic E-state index is 10.5. The highest BCUT2D eigenvalue weighted by Crippen LogP contribution is 2.12. The third-order valence-corrected chi connectivity index (χ3v) is 2.10. The molecule has 3 nitrogen and oxygen atoms in total. The molecule has 0 atom stereocenters. The van der Waals surface area contributed by atoms with E-state index < -0.39 is 5.91 Å². The van der Waals surface area contributed by atoms with Gasteiger partial charge in [0.25, 0.3) is 0 Å². The Hall–Kier alpha value is -2.34. The van der Waals surface area contributed by atoms with E-state index in [4.69, 9.17) is 5.73 Å². The zero-order chi connectivity index (χ0) is 11.4. The van der Waals surface area contributed by atoms with Crippen molar-refractivity contribution in [3.05, 3.63) is 42.1 Å². The molecule has 2 N–H and O–H groups in total. The molecule has 1 aromatic carbocycles. The first-order valence-electron chi connectivity index (χ1n) is 4.88. The van der Waals surface area contributed by atoms with Crippen LogP contribution < -0.4 is 5.73 Å². The second kappa shape index (κ2) is 4.45. The summed E-state index contributed by atoms with van der Waals surface area (Å²) in [5.41, 5.74) is 6.73. The number of carbonyl (C=O) groups excluding carboxylic acids is 1. The number of benzene rings is 1. The Balaban J connectivity index is 2.31. The first-order chi connectivity index (χ1) is 7.75. The van der Waals surface area contributed by atoms with Gasteiger partial charge in [0, 0.05) is 17.1 Å². The van der Waals surface area contributed by atoms with Gasteiger partial charge in [-0.05, 0) is 18.2 Å². The smallest absolute Gasteiger partial charge is 0.229 e. The third-order valence-electron chi connectivity index (χ3n) is 2.10. The van der Waals surface area contributed by atoms with E-state index in [0.29, 0.717) is 0 Å². The summed E-state index contributed by atoms with van der Waals surface area (Å²) >= 11 is 0. The number of aromatic nitrogens is 1. The summed E-state index contributed by atoms with van der Waals surface area (Å²) in [5.74, 6) is 5.18. The summed E-state index contributed by atoms with van der Waals surface area (Å²) in [6.07, 6.45) is 1.82. The van der Waals surface area contributed by atoms with Crippen molar-refractivity contribution in [2.75, 3.05) is 0 Å². The predicted octanol–water partition coefficient (Wildman–Crippen LogP) is 1.46. The van der Waals surface area contributed by atoms with Crippen LogP contribution in [-0.4, -0.2) is 10.9 Å². The highest BCUT2D eigenvalue weighted by Gasteiger charge is 1.94. The lowest BCUT2D eigenvalue weighted by atomic mass is 10.1. The zero-order valence-electron chi connectivity index (χ0n) is 8.60. The SMILES string of the molecule is NC(=O)CC#Cc1ccc2cccnc2c1. The predicted molar refractivity (Wildman–Crippen MR) is 62.4 cm³/mol. The van der Waals surface area contributed by atoms with Gasteiger partial charge in [0.15, 0.2) is 0 Å². The molecule has 0 aliphatic rings. The monoisotopic (exact) mass is 210 g/mol. The number of rotatable bonds is 1. The number of carbonyl (C=O) groups is 1. The van der Waals surface area contributed by atoms with Crippen LogP contribution in [0.15, 0.2) is 36.5 Å². The molecule has 0 radical (unpaired) electrons. The highest BCUT2D eigenvalue weighted by atomic mass is 16.1. The van der Waals surface area contributed by atoms with Crippen LogP contribution in [0, 0.1) is 11.8 Å². The summed E-state index contributed by atoms with van der Waals surface area (Å²) in [5, 5.41) is 1.07. The number of nitrogens with zero attached hydrogens (tertiary/aromatic N) is 1. The van der Waals surface area contributed by atoms with Crippen LogP contribution in [0.4, 0.5) is 0 Å². The van der Waals surface area contributed by atoms with Gasteiger partial charge in [-0.25, -0.2) is 0 Å². The quantitative estimate of drug-likeness (QED) is 0.724. The van der Waals surface area contributed by atoms with Crippen LogP contribution in [0.1, 0.15) is 12.0 Å². The van der Waals surface area contributed by atoms with Crippen molar-refractivity contribution in [3.63, 3.8) is 0 Å². The Morgan fingerprint density at radius 3 is 3.06 bits per heavy atom. The molecule has 78 valence electrons. The van der Waals surface area contributed by atoms with Gasteiger partial charge in [0.2, 0.25) is 5.91 Å². The number of fused-ring (bicyclic) bond motifs is 1. The molecule has 2 rings (SSSR count). The van der Waals surface area contributed by atoms with Crippen molar-refractivity contribution in [1.82, 2.24) is 4.98 Å². The molecule has 1 aromatic heterocycles. The van der Waals surface area contributed by atoms with Crippen LogP contribution in [-0.2, 0) is 4.79 Å². The molecule has 0 bridgehead atoms. The normalized spacial score (nSPS) is 9.50. The minimum absolute atomic E-state index is 0.0836. The van der Waals surface area contributed by atoms with E-state index in [1.54, 1.807) is 6.20 Å². The molecule has 0 aliphatic heterocycles. The standard InChI is InChI=1S/C13H10N2O/c14-13(16)5-1-3-10-6-7-11-4-2-8-15-12(11)9-10/h2,4,6-9H,5H2,(H2,14,16). The Morgan fingerprint density at radius 2 is 2.25 bits per heavy atom. The molecule has 16 heavy (non-hydrogen) atoms. The van der Waals surface area contributed by atoms with Crippen molar-refractivity contribution >= 4 is 16.8 Å². The van der Waals surface area contributed by atoms with Crippen LogP contribution in [0.5, 0.6) is 0 Å². The first kappa shape index (κ1) is 10.2. The molecule has 0 saturated heterocycles. The third kappa shape index (κ3) is 2.37. The van der Waals surface area contributed by atoms with Gasteiger partial charge in [-0.1, -0.05) is 24.0 Å². The number of hydrogen-bond donors (Lipinski definition) is 1. The van der Waals surface area contributed by atoms with Gasteiger partial charge in [0.1, 0.15) is 0 Å². The number of primary amides is 1. The lowest BCUT2D eigenvalue weighted by Gasteiger charge is -1.96. The van der Waals surface area contributed by atoms with E-state index in [2.05, 4.69) is 16.8 Å². The van der Waals surface area contributed by atoms with Crippen molar-refractivity contribution in [2.24, 2.45) is 5.73 Å². The largest absolute Gasteiger partial charge is 0.369 e. The number of amides is 1. The summed E-state index contributed by atoms with van der Waals surface area (Å²) in [6.45, 7) is 0. The van der Waals surface area contributed by atoms with Crippen LogP contribution in [0.25, 0.3) is 10.9 Å². The molecule has 0 saturated carbocycles. The second-order valence-electron chi connectivity index (χ2n) is 3.36. The Kier molecular flexibility index (Phi) is 2.84. The molecule has 0 unspecified atom stereocenters. The van der Waals surface area contributed by atoms with Crippen molar-refractivity contribution in [2.45, 2.75) is 6.42 Å². The molecule has 2 aromatic rings. The van der Waals surface area contributed by atoms with Gasteiger partial charge in [-0.3, -0.25) is 9.78 Å². The van der Waals surface area contributed by atoms with Crippen molar-refractivity contribution in [3.8, 4) is 11.8 Å². The minimum Gasteiger partial charge on any atom is -0.369 e. The summed E-state index contributed by atoms with van der Waals surface area (Å²) < 4.78 is 0. The van der Waals surface area contributed by atoms with E-state index in [0.717, 1.165) is 16.5 Å². The Bertz CT molecular complexity index is 593. The highest BCUT2D eigenvalue weighted by molar-refractivity contribution is 5.80. The molecule has 0 spiro atoms. The fourth-order valence-electron chi connectivity index (χ4n) is 1.38. The molecule has 1 heterocycles. The maximum absolute atomic E-state index is 10.5. The van der Waals surface area contributed by atoms with Gasteiger partial charge in [-0.15, -0.1) is 0 Å². The van der Waals surface area contributed by atoms with E-state index in [9.17, 15) is 4.79 Å². The molecule has 1 amide bonds. The summed E-state index contributed by atoms with van der Waals surface area (Å²) in [6, 6.07) is 9.63. The van der Waals surface area contributed by atoms with E-state index in [1.165, 1.54) is 0 Å². The first-order valence-corrected chi connectivity index (χ1v) is 4.88. The molecule has 0 fully saturated rings. The second-order valence-corrected chi connectivity index (χ2v) is 3.36. The average Bonchev–Trinajstić information content (AvgIpc) is 2.28. The van der Waals surface area contributed by atoms with Crippen LogP contribution in [0.3, 0.4) is 0 Å². The van der Waals surface area contributed by atoms with Crippen molar-refractivity contribution < 1.29 is 4.79 Å². The summed E-state index contributed by atoms with van der Waals surface area (Å²) in [4.78, 5) is 14.7. The fraction of sp³-hybridized carbons (Fsp3) is 0.0769. The zero-order valence-corrected chi connectivity index (χ0v) is 8.60. The van der Waals surface area contributed by atoms with E-state index >= 15 is 0 Å². The molecule has 0 aliphatic carbocycles. The average molecular weight is 210 g/mol. The fourth-order valence-corrected chi connectivity index (χ4v) is 1.38. The lowest BCUT2D eigenvalue weighted by Crippen LogP contribution is -2.08. The van der Waals surface area contributed by atoms with Gasteiger partial charge < -0.3 is 5.73 Å². The Morgan fingerprint density at radius 1 is 1.38 bits per heavy atom. The molecular weight excluding hydrogens is 200 g/mol. The van der Waals surface area contributed by atoms with Crippen molar-refractivity contribution in [1.29, 1.82) is 0 Å². The number of nitrogens with two attached hydrogens (primary N) is 1. The number of pyridine rings is 1. The van der Waals surface area contributed by atoms with E-state index in [-0.39, 0.29) is 6.42 Å². The topological polar surface area (TPSA) is 56.0 Å². The lowest BCUT2D eigenvalue weighted by molar-refractivity contribution is -0.117. The maximum Gasteiger partial charge on any atom is 0.229 e. The summed E-state index contributed by atoms with van der Waals surface area (Å²) in [7, 11) is 0. The van der Waals surface area contributed by atoms with Gasteiger partial charge in [-0.2, -0.15) is 0 Å². The molecule has 3 heteroatoms. The Labute approximate surface area is 93.3 Å². The van der Waals surface area contributed by atoms with E-state index in [1.807, 2.05) is 30.3 Å². The van der Waals surface area contributed by atoms with Gasteiger partial charge in [0.05, 0.1) is 11.9 Å². The minimum atomic E-state index is -0.411. The number of hydrogen-bond acceptors (Lipinski definition) is 2. The van der Waals surface area contributed by atoms with Gasteiger partial charge >= 0.3 is 0 Å².